The van der Waals surface area contributed by atoms with Crippen molar-refractivity contribution in [3.05, 3.63) is 12.7 Å². The van der Waals surface area contributed by atoms with Crippen molar-refractivity contribution in [3.8, 4) is 0 Å². The highest BCUT2D eigenvalue weighted by Gasteiger charge is 2.49. The second-order valence-electron chi connectivity index (χ2n) is 3.80. The van der Waals surface area contributed by atoms with Crippen molar-refractivity contribution < 1.29 is 4.79 Å². The Morgan fingerprint density at radius 3 is 3.18 bits per heavy atom. The SMILES string of the molecule is C=CC[C@@H]1CCC(=O)[C@H]2C[C@@H]12. The Balaban J connectivity index is 1.97. The fourth-order valence-corrected chi connectivity index (χ4v) is 2.34. The van der Waals surface area contributed by atoms with Crippen LogP contribution < -0.4 is 0 Å². The van der Waals surface area contributed by atoms with Crippen molar-refractivity contribution in [2.24, 2.45) is 17.8 Å². The van der Waals surface area contributed by atoms with Gasteiger partial charge in [0.2, 0.25) is 0 Å². The molecule has 0 saturated heterocycles. The standard InChI is InChI=1S/C10H14O/c1-2-3-7-4-5-10(11)9-6-8(7)9/h2,7-9H,1,3-6H2/t7-,8+,9+/m1/s1. The minimum atomic E-state index is 0.466. The molecule has 1 heteroatoms. The Kier molecular flexibility index (Phi) is 1.59. The van der Waals surface area contributed by atoms with Crippen LogP contribution in [0, 0.1) is 17.8 Å². The van der Waals surface area contributed by atoms with Gasteiger partial charge in [-0.3, -0.25) is 4.79 Å². The number of Topliss-reactive ketones (excluding diaryl/α,β-unsaturated/α-hetero) is 1. The lowest BCUT2D eigenvalue weighted by Crippen LogP contribution is -2.16. The van der Waals surface area contributed by atoms with Gasteiger partial charge in [0.05, 0.1) is 0 Å². The summed E-state index contributed by atoms with van der Waals surface area (Å²) in [6.45, 7) is 3.74. The van der Waals surface area contributed by atoms with E-state index in [-0.39, 0.29) is 0 Å². The van der Waals surface area contributed by atoms with Crippen molar-refractivity contribution in [1.29, 1.82) is 0 Å². The summed E-state index contributed by atoms with van der Waals surface area (Å²) in [5.41, 5.74) is 0. The first-order valence-corrected chi connectivity index (χ1v) is 4.46. The normalized spacial score (nSPS) is 41.5. The molecule has 1 nitrogen and oxygen atoms in total. The number of carbonyl (C=O) groups is 1. The number of rotatable bonds is 2. The summed E-state index contributed by atoms with van der Waals surface area (Å²) in [4.78, 5) is 11.2. The van der Waals surface area contributed by atoms with E-state index in [1.807, 2.05) is 6.08 Å². The molecule has 0 aliphatic heterocycles. The molecule has 0 amide bonds. The van der Waals surface area contributed by atoms with Gasteiger partial charge in [-0.1, -0.05) is 6.08 Å². The molecule has 0 N–H and O–H groups in total. The number of hydrogen-bond acceptors (Lipinski definition) is 1. The first-order chi connectivity index (χ1) is 5.33. The van der Waals surface area contributed by atoms with Crippen LogP contribution in [0.4, 0.5) is 0 Å². The number of carbonyl (C=O) groups excluding carboxylic acids is 1. The van der Waals surface area contributed by atoms with Gasteiger partial charge in [-0.25, -0.2) is 0 Å². The summed E-state index contributed by atoms with van der Waals surface area (Å²) in [6.07, 6.45) is 6.24. The quantitative estimate of drug-likeness (QED) is 0.551. The van der Waals surface area contributed by atoms with Crippen molar-refractivity contribution in [1.82, 2.24) is 0 Å². The predicted octanol–water partition coefficient (Wildman–Crippen LogP) is 2.18. The molecule has 0 radical (unpaired) electrons. The molecule has 2 rings (SSSR count). The fourth-order valence-electron chi connectivity index (χ4n) is 2.34. The Bertz CT molecular complexity index is 195. The number of ketones is 1. The van der Waals surface area contributed by atoms with E-state index in [2.05, 4.69) is 6.58 Å². The zero-order valence-corrected chi connectivity index (χ0v) is 6.75. The number of fused-ring (bicyclic) bond motifs is 1. The van der Waals surface area contributed by atoms with Crippen molar-refractivity contribution in [2.75, 3.05) is 0 Å². The molecule has 0 bridgehead atoms. The molecule has 2 aliphatic carbocycles. The molecule has 60 valence electrons. The summed E-state index contributed by atoms with van der Waals surface area (Å²) in [5.74, 6) is 2.52. The van der Waals surface area contributed by atoms with Gasteiger partial charge in [0.1, 0.15) is 5.78 Å². The molecular formula is C10H14O. The Morgan fingerprint density at radius 2 is 2.45 bits per heavy atom. The van der Waals surface area contributed by atoms with E-state index in [9.17, 15) is 4.79 Å². The van der Waals surface area contributed by atoms with Gasteiger partial charge < -0.3 is 0 Å². The topological polar surface area (TPSA) is 17.1 Å². The molecule has 0 unspecified atom stereocenters. The van der Waals surface area contributed by atoms with E-state index in [1.54, 1.807) is 0 Å². The van der Waals surface area contributed by atoms with Crippen molar-refractivity contribution in [3.63, 3.8) is 0 Å². The molecule has 11 heavy (non-hydrogen) atoms. The Morgan fingerprint density at radius 1 is 1.64 bits per heavy atom. The maximum atomic E-state index is 11.2. The number of allylic oxidation sites excluding steroid dienone is 1. The molecule has 0 aromatic carbocycles. The van der Waals surface area contributed by atoms with Gasteiger partial charge in [-0.05, 0) is 31.1 Å². The lowest BCUT2D eigenvalue weighted by atomic mass is 9.86. The van der Waals surface area contributed by atoms with Gasteiger partial charge in [-0.2, -0.15) is 0 Å². The van der Waals surface area contributed by atoms with Crippen LogP contribution in [0.5, 0.6) is 0 Å². The van der Waals surface area contributed by atoms with Gasteiger partial charge in [0.15, 0.2) is 0 Å². The zero-order valence-electron chi connectivity index (χ0n) is 6.75. The molecule has 0 heterocycles. The Hall–Kier alpha value is -0.590. The third-order valence-corrected chi connectivity index (χ3v) is 3.09. The molecule has 2 aliphatic rings. The average molecular weight is 150 g/mol. The molecule has 2 fully saturated rings. The Labute approximate surface area is 67.5 Å². The van der Waals surface area contributed by atoms with Crippen LogP contribution in [-0.4, -0.2) is 5.78 Å². The van der Waals surface area contributed by atoms with Crippen LogP contribution in [0.15, 0.2) is 12.7 Å². The van der Waals surface area contributed by atoms with Gasteiger partial charge in [-0.15, -0.1) is 6.58 Å². The van der Waals surface area contributed by atoms with Crippen LogP contribution in [0.1, 0.15) is 25.7 Å². The predicted molar refractivity (Wildman–Crippen MR) is 44.1 cm³/mol. The van der Waals surface area contributed by atoms with E-state index in [0.717, 1.165) is 31.1 Å². The van der Waals surface area contributed by atoms with Gasteiger partial charge >= 0.3 is 0 Å². The summed E-state index contributed by atoms with van der Waals surface area (Å²) >= 11 is 0. The maximum Gasteiger partial charge on any atom is 0.136 e. The largest absolute Gasteiger partial charge is 0.299 e. The van der Waals surface area contributed by atoms with E-state index in [4.69, 9.17) is 0 Å². The highest BCUT2D eigenvalue weighted by Crippen LogP contribution is 2.51. The van der Waals surface area contributed by atoms with Gasteiger partial charge in [0.25, 0.3) is 0 Å². The fraction of sp³-hybridized carbons (Fsp3) is 0.700. The molecule has 3 atom stereocenters. The van der Waals surface area contributed by atoms with Crippen LogP contribution in [0.2, 0.25) is 0 Å². The van der Waals surface area contributed by atoms with Crippen LogP contribution in [-0.2, 0) is 4.79 Å². The lowest BCUT2D eigenvalue weighted by molar-refractivity contribution is -0.122. The smallest absolute Gasteiger partial charge is 0.136 e. The monoisotopic (exact) mass is 150 g/mol. The molecular weight excluding hydrogens is 136 g/mol. The maximum absolute atomic E-state index is 11.2. The van der Waals surface area contributed by atoms with Crippen molar-refractivity contribution >= 4 is 5.78 Å². The molecule has 0 spiro atoms. The second-order valence-corrected chi connectivity index (χ2v) is 3.80. The van der Waals surface area contributed by atoms with E-state index < -0.39 is 0 Å². The highest BCUT2D eigenvalue weighted by molar-refractivity contribution is 5.84. The average Bonchev–Trinajstić information content (AvgIpc) is 2.75. The number of hydrogen-bond donors (Lipinski definition) is 0. The first kappa shape index (κ1) is 7.08. The van der Waals surface area contributed by atoms with Gasteiger partial charge in [0, 0.05) is 12.3 Å². The van der Waals surface area contributed by atoms with Crippen LogP contribution in [0.25, 0.3) is 0 Å². The van der Waals surface area contributed by atoms with Crippen LogP contribution >= 0.6 is 0 Å². The van der Waals surface area contributed by atoms with E-state index >= 15 is 0 Å². The highest BCUT2D eigenvalue weighted by atomic mass is 16.1. The zero-order chi connectivity index (χ0) is 7.84. The summed E-state index contributed by atoms with van der Waals surface area (Å²) in [6, 6.07) is 0. The summed E-state index contributed by atoms with van der Waals surface area (Å²) in [7, 11) is 0. The lowest BCUT2D eigenvalue weighted by Gasteiger charge is -2.18. The summed E-state index contributed by atoms with van der Waals surface area (Å²) in [5, 5.41) is 0. The molecule has 0 aromatic heterocycles. The van der Waals surface area contributed by atoms with Crippen molar-refractivity contribution in [2.45, 2.75) is 25.7 Å². The molecule has 0 aromatic rings. The second kappa shape index (κ2) is 2.47. The first-order valence-electron chi connectivity index (χ1n) is 4.46. The third kappa shape index (κ3) is 1.13. The van der Waals surface area contributed by atoms with Crippen LogP contribution in [0.3, 0.4) is 0 Å². The van der Waals surface area contributed by atoms with E-state index in [1.165, 1.54) is 6.42 Å². The van der Waals surface area contributed by atoms with E-state index in [0.29, 0.717) is 11.7 Å². The minimum absolute atomic E-state index is 0.466. The summed E-state index contributed by atoms with van der Waals surface area (Å²) < 4.78 is 0. The molecule has 2 saturated carbocycles. The minimum Gasteiger partial charge on any atom is -0.299 e. The third-order valence-electron chi connectivity index (χ3n) is 3.09.